The molecule has 3 aromatic rings. The Morgan fingerprint density at radius 1 is 0.682 bits per heavy atom. The molecule has 0 atom stereocenters. The fourth-order valence-electron chi connectivity index (χ4n) is 1.77. The molecule has 3 rings (SSSR count). The van der Waals surface area contributed by atoms with Crippen LogP contribution in [-0.2, 0) is 0 Å². The SMILES string of the molecule is O=C(Oc1cccs1)c1ccccc1C(=O)Oc1cccs1. The van der Waals surface area contributed by atoms with Gasteiger partial charge in [-0.15, -0.1) is 22.7 Å². The van der Waals surface area contributed by atoms with Crippen molar-refractivity contribution in [3.05, 3.63) is 70.4 Å². The summed E-state index contributed by atoms with van der Waals surface area (Å²) in [5.41, 5.74) is 0.356. The number of carbonyl (C=O) groups excluding carboxylic acids is 2. The molecule has 1 aromatic carbocycles. The average molecular weight is 330 g/mol. The van der Waals surface area contributed by atoms with Crippen molar-refractivity contribution in [3.8, 4) is 10.1 Å². The summed E-state index contributed by atoms with van der Waals surface area (Å²) in [5.74, 6) is -1.16. The molecule has 22 heavy (non-hydrogen) atoms. The highest BCUT2D eigenvalue weighted by atomic mass is 32.1. The molecule has 0 saturated carbocycles. The Bertz CT molecular complexity index is 709. The van der Waals surface area contributed by atoms with Gasteiger partial charge >= 0.3 is 11.9 Å². The van der Waals surface area contributed by atoms with Crippen LogP contribution < -0.4 is 9.47 Å². The molecule has 0 aliphatic heterocycles. The number of benzene rings is 1. The van der Waals surface area contributed by atoms with Crippen LogP contribution in [0.5, 0.6) is 10.1 Å². The lowest BCUT2D eigenvalue weighted by Crippen LogP contribution is -2.16. The lowest BCUT2D eigenvalue weighted by molar-refractivity contribution is 0.0698. The number of carbonyl (C=O) groups is 2. The second-order valence-electron chi connectivity index (χ2n) is 4.19. The van der Waals surface area contributed by atoms with Gasteiger partial charge in [0.2, 0.25) is 0 Å². The Hall–Kier alpha value is -2.44. The zero-order chi connectivity index (χ0) is 15.4. The van der Waals surface area contributed by atoms with Crippen LogP contribution in [0.15, 0.2) is 59.3 Å². The van der Waals surface area contributed by atoms with Crippen molar-refractivity contribution in [2.24, 2.45) is 0 Å². The van der Waals surface area contributed by atoms with Crippen molar-refractivity contribution in [2.75, 3.05) is 0 Å². The molecule has 0 fully saturated rings. The van der Waals surface area contributed by atoms with Gasteiger partial charge in [-0.05, 0) is 47.2 Å². The maximum Gasteiger partial charge on any atom is 0.345 e. The molecule has 0 unspecified atom stereocenters. The van der Waals surface area contributed by atoms with E-state index >= 15 is 0 Å². The second-order valence-corrected chi connectivity index (χ2v) is 6.01. The van der Waals surface area contributed by atoms with Gasteiger partial charge in [0, 0.05) is 0 Å². The van der Waals surface area contributed by atoms with Gasteiger partial charge in [0.25, 0.3) is 0 Å². The minimum Gasteiger partial charge on any atom is -0.412 e. The van der Waals surface area contributed by atoms with Crippen molar-refractivity contribution in [3.63, 3.8) is 0 Å². The summed E-state index contributed by atoms with van der Waals surface area (Å²) in [7, 11) is 0. The fraction of sp³-hybridized carbons (Fsp3) is 0. The van der Waals surface area contributed by atoms with Gasteiger partial charge in [-0.3, -0.25) is 0 Å². The van der Waals surface area contributed by atoms with Crippen LogP contribution in [0.25, 0.3) is 0 Å². The number of ether oxygens (including phenoxy) is 2. The lowest BCUT2D eigenvalue weighted by atomic mass is 10.1. The van der Waals surface area contributed by atoms with E-state index < -0.39 is 11.9 Å². The minimum atomic E-state index is -0.582. The summed E-state index contributed by atoms with van der Waals surface area (Å²) in [4.78, 5) is 24.4. The van der Waals surface area contributed by atoms with E-state index in [9.17, 15) is 9.59 Å². The topological polar surface area (TPSA) is 52.6 Å². The molecule has 0 bridgehead atoms. The number of hydrogen-bond acceptors (Lipinski definition) is 6. The van der Waals surface area contributed by atoms with Crippen molar-refractivity contribution < 1.29 is 19.1 Å². The van der Waals surface area contributed by atoms with Gasteiger partial charge in [0.1, 0.15) is 0 Å². The summed E-state index contributed by atoms with van der Waals surface area (Å²) in [6.45, 7) is 0. The molecule has 0 amide bonds. The highest BCUT2D eigenvalue weighted by Crippen LogP contribution is 2.23. The molecule has 110 valence electrons. The van der Waals surface area contributed by atoms with Crippen LogP contribution in [0.3, 0.4) is 0 Å². The number of rotatable bonds is 4. The van der Waals surface area contributed by atoms with E-state index in [0.717, 1.165) is 0 Å². The lowest BCUT2D eigenvalue weighted by Gasteiger charge is -2.07. The first kappa shape index (κ1) is 14.5. The van der Waals surface area contributed by atoms with Crippen LogP contribution in [0, 0.1) is 0 Å². The smallest absolute Gasteiger partial charge is 0.345 e. The van der Waals surface area contributed by atoms with Crippen LogP contribution in [0.2, 0.25) is 0 Å². The molecular weight excluding hydrogens is 320 g/mol. The summed E-state index contributed by atoms with van der Waals surface area (Å²) < 4.78 is 10.5. The first-order valence-electron chi connectivity index (χ1n) is 6.34. The van der Waals surface area contributed by atoms with E-state index in [1.807, 2.05) is 0 Å². The predicted molar refractivity (Wildman–Crippen MR) is 85.0 cm³/mol. The first-order chi connectivity index (χ1) is 10.7. The normalized spacial score (nSPS) is 10.2. The van der Waals surface area contributed by atoms with E-state index in [-0.39, 0.29) is 11.1 Å². The maximum atomic E-state index is 12.2. The number of thiophene rings is 2. The van der Waals surface area contributed by atoms with Gasteiger partial charge in [-0.25, -0.2) is 9.59 Å². The standard InChI is InChI=1S/C16H10O4S2/c17-15(19-13-7-3-9-21-13)11-5-1-2-6-12(11)16(18)20-14-8-4-10-22-14/h1-10H. The first-order valence-corrected chi connectivity index (χ1v) is 8.10. The van der Waals surface area contributed by atoms with Gasteiger partial charge in [-0.2, -0.15) is 0 Å². The zero-order valence-corrected chi connectivity index (χ0v) is 12.9. The zero-order valence-electron chi connectivity index (χ0n) is 11.2. The van der Waals surface area contributed by atoms with E-state index in [1.54, 1.807) is 59.3 Å². The molecular formula is C16H10O4S2. The average Bonchev–Trinajstić information content (AvgIpc) is 3.21. The summed E-state index contributed by atoms with van der Waals surface area (Å²) in [6, 6.07) is 13.4. The Morgan fingerprint density at radius 2 is 1.14 bits per heavy atom. The minimum absolute atomic E-state index is 0.178. The van der Waals surface area contributed by atoms with E-state index in [1.165, 1.54) is 22.7 Å². The Labute approximate surface area is 134 Å². The molecule has 2 heterocycles. The molecule has 0 aliphatic rings. The third-order valence-corrected chi connectivity index (χ3v) is 4.23. The largest absolute Gasteiger partial charge is 0.412 e. The van der Waals surface area contributed by atoms with Gasteiger partial charge in [-0.1, -0.05) is 12.1 Å². The summed E-state index contributed by atoms with van der Waals surface area (Å²) >= 11 is 2.61. The second kappa shape index (κ2) is 6.55. The number of esters is 2. The van der Waals surface area contributed by atoms with Crippen LogP contribution >= 0.6 is 22.7 Å². The van der Waals surface area contributed by atoms with Crippen LogP contribution in [-0.4, -0.2) is 11.9 Å². The van der Waals surface area contributed by atoms with E-state index in [0.29, 0.717) is 10.1 Å². The van der Waals surface area contributed by atoms with Crippen molar-refractivity contribution in [1.29, 1.82) is 0 Å². The monoisotopic (exact) mass is 330 g/mol. The van der Waals surface area contributed by atoms with Gasteiger partial charge < -0.3 is 9.47 Å². The van der Waals surface area contributed by atoms with Crippen molar-refractivity contribution >= 4 is 34.6 Å². The third-order valence-electron chi connectivity index (χ3n) is 2.74. The Morgan fingerprint density at radius 3 is 1.50 bits per heavy atom. The number of hydrogen-bond donors (Lipinski definition) is 0. The molecule has 2 aromatic heterocycles. The maximum absolute atomic E-state index is 12.2. The van der Waals surface area contributed by atoms with Crippen LogP contribution in [0.1, 0.15) is 20.7 Å². The van der Waals surface area contributed by atoms with Crippen molar-refractivity contribution in [2.45, 2.75) is 0 Å². The Balaban J connectivity index is 1.83. The Kier molecular flexibility index (Phi) is 4.32. The van der Waals surface area contributed by atoms with Crippen molar-refractivity contribution in [1.82, 2.24) is 0 Å². The molecule has 4 nitrogen and oxygen atoms in total. The third kappa shape index (κ3) is 3.24. The molecule has 0 radical (unpaired) electrons. The molecule has 0 aliphatic carbocycles. The quantitative estimate of drug-likeness (QED) is 0.671. The van der Waals surface area contributed by atoms with Gasteiger partial charge in [0.05, 0.1) is 11.1 Å². The summed E-state index contributed by atoms with van der Waals surface area (Å²) in [6.07, 6.45) is 0. The molecule has 6 heteroatoms. The van der Waals surface area contributed by atoms with E-state index in [4.69, 9.17) is 9.47 Å². The highest BCUT2D eigenvalue weighted by Gasteiger charge is 2.20. The summed E-state index contributed by atoms with van der Waals surface area (Å²) in [5, 5.41) is 4.57. The molecule has 0 N–H and O–H groups in total. The highest BCUT2D eigenvalue weighted by molar-refractivity contribution is 7.12. The van der Waals surface area contributed by atoms with Gasteiger partial charge in [0.15, 0.2) is 10.1 Å². The molecule has 0 saturated heterocycles. The predicted octanol–water partition coefficient (Wildman–Crippen LogP) is 4.25. The van der Waals surface area contributed by atoms with Crippen LogP contribution in [0.4, 0.5) is 0 Å². The fourth-order valence-corrected chi connectivity index (χ4v) is 2.92. The van der Waals surface area contributed by atoms with E-state index in [2.05, 4.69) is 0 Å². The molecule has 0 spiro atoms.